The number of nitrogens with zero attached hydrogens (tertiary/aromatic N) is 2. The lowest BCUT2D eigenvalue weighted by Crippen LogP contribution is -2.31. The lowest BCUT2D eigenvalue weighted by molar-refractivity contribution is 0.0785. The van der Waals surface area contributed by atoms with Crippen molar-refractivity contribution in [1.82, 2.24) is 4.90 Å². The number of nitrogens with two attached hydrogens (primary N) is 1. The number of nitrogen functional groups attached to an aromatic ring is 1. The largest absolute Gasteiger partial charge is 0.398 e. The van der Waals surface area contributed by atoms with Crippen molar-refractivity contribution in [2.24, 2.45) is 5.92 Å². The van der Waals surface area contributed by atoms with Gasteiger partial charge in [0.25, 0.3) is 5.91 Å². The summed E-state index contributed by atoms with van der Waals surface area (Å²) in [5.41, 5.74) is 5.23. The molecule has 0 aliphatic carbocycles. The van der Waals surface area contributed by atoms with Crippen LogP contribution in [-0.4, -0.2) is 24.4 Å². The molecule has 0 bridgehead atoms. The Morgan fingerprint density at radius 1 is 1.50 bits per heavy atom. The first-order chi connectivity index (χ1) is 8.36. The molecule has 0 fully saturated rings. The van der Waals surface area contributed by atoms with E-state index in [1.165, 1.54) is 11.9 Å². The van der Waals surface area contributed by atoms with Gasteiger partial charge in [-0.2, -0.15) is 5.26 Å². The minimum Gasteiger partial charge on any atom is -0.398 e. The van der Waals surface area contributed by atoms with Gasteiger partial charge in [0.2, 0.25) is 0 Å². The van der Waals surface area contributed by atoms with Gasteiger partial charge in [-0.25, -0.2) is 8.78 Å². The standard InChI is InChI=1S/C12H13F2N3O/c1-7(5-15)6-17(2)12(18)8-3-9(13)10(14)4-11(8)16/h3-4,7H,6,16H2,1-2H3. The Balaban J connectivity index is 2.98. The molecule has 1 atom stereocenters. The predicted octanol–water partition coefficient (Wildman–Crippen LogP) is 1.78. The average Bonchev–Trinajstić information content (AvgIpc) is 2.32. The van der Waals surface area contributed by atoms with Crippen LogP contribution in [0.3, 0.4) is 0 Å². The molecule has 0 heterocycles. The quantitative estimate of drug-likeness (QED) is 0.835. The maximum atomic E-state index is 13.1. The number of halogens is 2. The van der Waals surface area contributed by atoms with Gasteiger partial charge < -0.3 is 10.6 Å². The maximum Gasteiger partial charge on any atom is 0.255 e. The smallest absolute Gasteiger partial charge is 0.255 e. The molecule has 1 rings (SSSR count). The van der Waals surface area contributed by atoms with Gasteiger partial charge in [-0.05, 0) is 13.0 Å². The predicted molar refractivity (Wildman–Crippen MR) is 62.5 cm³/mol. The monoisotopic (exact) mass is 253 g/mol. The summed E-state index contributed by atoms with van der Waals surface area (Å²) in [6.07, 6.45) is 0. The second kappa shape index (κ2) is 5.45. The lowest BCUT2D eigenvalue weighted by atomic mass is 10.1. The number of carbonyl (C=O) groups excluding carboxylic acids is 1. The molecule has 0 aliphatic heterocycles. The highest BCUT2D eigenvalue weighted by Gasteiger charge is 2.19. The van der Waals surface area contributed by atoms with Crippen molar-refractivity contribution >= 4 is 11.6 Å². The van der Waals surface area contributed by atoms with Crippen LogP contribution in [0.1, 0.15) is 17.3 Å². The zero-order chi connectivity index (χ0) is 13.9. The third kappa shape index (κ3) is 2.94. The number of carbonyl (C=O) groups is 1. The number of hydrogen-bond acceptors (Lipinski definition) is 3. The van der Waals surface area contributed by atoms with Gasteiger partial charge in [0.15, 0.2) is 11.6 Å². The van der Waals surface area contributed by atoms with E-state index >= 15 is 0 Å². The Labute approximate surface area is 104 Å². The first-order valence-electron chi connectivity index (χ1n) is 5.26. The molecule has 0 saturated carbocycles. The summed E-state index contributed by atoms with van der Waals surface area (Å²) in [7, 11) is 1.47. The van der Waals surface area contributed by atoms with E-state index in [4.69, 9.17) is 11.0 Å². The highest BCUT2D eigenvalue weighted by molar-refractivity contribution is 5.99. The van der Waals surface area contributed by atoms with Crippen molar-refractivity contribution < 1.29 is 13.6 Å². The van der Waals surface area contributed by atoms with Crippen molar-refractivity contribution in [2.75, 3.05) is 19.3 Å². The van der Waals surface area contributed by atoms with Crippen LogP contribution < -0.4 is 5.73 Å². The van der Waals surface area contributed by atoms with E-state index < -0.39 is 17.5 Å². The van der Waals surface area contributed by atoms with Gasteiger partial charge >= 0.3 is 0 Å². The van der Waals surface area contributed by atoms with Crippen molar-refractivity contribution in [1.29, 1.82) is 5.26 Å². The van der Waals surface area contributed by atoms with Crippen LogP contribution in [-0.2, 0) is 0 Å². The molecule has 0 spiro atoms. The summed E-state index contributed by atoms with van der Waals surface area (Å²) in [5, 5.41) is 8.65. The molecular weight excluding hydrogens is 240 g/mol. The molecule has 0 aliphatic rings. The van der Waals surface area contributed by atoms with Crippen LogP contribution in [0, 0.1) is 28.9 Å². The zero-order valence-corrected chi connectivity index (χ0v) is 10.1. The van der Waals surface area contributed by atoms with Crippen LogP contribution in [0.25, 0.3) is 0 Å². The molecule has 0 radical (unpaired) electrons. The molecule has 1 amide bonds. The SMILES string of the molecule is CC(C#N)CN(C)C(=O)c1cc(F)c(F)cc1N. The molecule has 96 valence electrons. The Bertz CT molecular complexity index is 511. The van der Waals surface area contributed by atoms with Gasteiger partial charge in [-0.1, -0.05) is 0 Å². The number of benzene rings is 1. The van der Waals surface area contributed by atoms with Gasteiger partial charge in [0, 0.05) is 25.3 Å². The summed E-state index contributed by atoms with van der Waals surface area (Å²) in [6, 6.07) is 3.51. The zero-order valence-electron chi connectivity index (χ0n) is 10.1. The maximum absolute atomic E-state index is 13.1. The second-order valence-corrected chi connectivity index (χ2v) is 4.07. The second-order valence-electron chi connectivity index (χ2n) is 4.07. The number of rotatable bonds is 3. The first kappa shape index (κ1) is 13.9. The highest BCUT2D eigenvalue weighted by Crippen LogP contribution is 2.18. The van der Waals surface area contributed by atoms with Crippen molar-refractivity contribution in [3.63, 3.8) is 0 Å². The number of nitriles is 1. The van der Waals surface area contributed by atoms with E-state index in [-0.39, 0.29) is 23.7 Å². The van der Waals surface area contributed by atoms with Gasteiger partial charge in [0.1, 0.15) is 0 Å². The fourth-order valence-electron chi connectivity index (χ4n) is 1.49. The molecule has 2 N–H and O–H groups in total. The van der Waals surface area contributed by atoms with Crippen molar-refractivity contribution in [3.8, 4) is 6.07 Å². The van der Waals surface area contributed by atoms with Gasteiger partial charge in [-0.15, -0.1) is 0 Å². The summed E-state index contributed by atoms with van der Waals surface area (Å²) in [5.74, 6) is -3.13. The van der Waals surface area contributed by atoms with E-state index in [1.54, 1.807) is 6.92 Å². The molecule has 1 unspecified atom stereocenters. The van der Waals surface area contributed by atoms with E-state index in [1.807, 2.05) is 6.07 Å². The Kier molecular flexibility index (Phi) is 4.21. The summed E-state index contributed by atoms with van der Waals surface area (Å²) in [6.45, 7) is 1.84. The van der Waals surface area contributed by atoms with E-state index in [0.717, 1.165) is 12.1 Å². The molecular formula is C12H13F2N3O. The molecule has 18 heavy (non-hydrogen) atoms. The third-order valence-corrected chi connectivity index (χ3v) is 2.44. The molecule has 1 aromatic rings. The Morgan fingerprint density at radius 2 is 2.06 bits per heavy atom. The van der Waals surface area contributed by atoms with Gasteiger partial charge in [-0.3, -0.25) is 4.79 Å². The van der Waals surface area contributed by atoms with Crippen LogP contribution in [0.4, 0.5) is 14.5 Å². The minimum atomic E-state index is -1.13. The first-order valence-corrected chi connectivity index (χ1v) is 5.26. The summed E-state index contributed by atoms with van der Waals surface area (Å²) in [4.78, 5) is 13.2. The van der Waals surface area contributed by atoms with E-state index in [0.29, 0.717) is 0 Å². The van der Waals surface area contributed by atoms with E-state index in [9.17, 15) is 13.6 Å². The van der Waals surface area contributed by atoms with Crippen LogP contribution in [0.15, 0.2) is 12.1 Å². The molecule has 0 saturated heterocycles. The van der Waals surface area contributed by atoms with Crippen molar-refractivity contribution in [3.05, 3.63) is 29.3 Å². The fraction of sp³-hybridized carbons (Fsp3) is 0.333. The van der Waals surface area contributed by atoms with Crippen LogP contribution in [0.2, 0.25) is 0 Å². The molecule has 0 aromatic heterocycles. The average molecular weight is 253 g/mol. The number of amides is 1. The summed E-state index contributed by atoms with van der Waals surface area (Å²) >= 11 is 0. The van der Waals surface area contributed by atoms with Crippen LogP contribution >= 0.6 is 0 Å². The molecule has 6 heteroatoms. The number of hydrogen-bond donors (Lipinski definition) is 1. The fourth-order valence-corrected chi connectivity index (χ4v) is 1.49. The van der Waals surface area contributed by atoms with Crippen molar-refractivity contribution in [2.45, 2.75) is 6.92 Å². The normalized spacial score (nSPS) is 11.7. The molecule has 4 nitrogen and oxygen atoms in total. The number of anilines is 1. The topological polar surface area (TPSA) is 70.1 Å². The minimum absolute atomic E-state index is 0.110. The lowest BCUT2D eigenvalue weighted by Gasteiger charge is -2.19. The Morgan fingerprint density at radius 3 is 2.61 bits per heavy atom. The van der Waals surface area contributed by atoms with E-state index in [2.05, 4.69) is 0 Å². The third-order valence-electron chi connectivity index (χ3n) is 2.44. The summed E-state index contributed by atoms with van der Waals surface area (Å²) < 4.78 is 25.9. The van der Waals surface area contributed by atoms with Crippen LogP contribution in [0.5, 0.6) is 0 Å². The molecule has 1 aromatic carbocycles. The highest BCUT2D eigenvalue weighted by atomic mass is 19.2. The Hall–Kier alpha value is -2.16. The van der Waals surface area contributed by atoms with Gasteiger partial charge in [0.05, 0.1) is 17.6 Å².